The molecule has 1 aromatic heterocycles. The van der Waals surface area contributed by atoms with Gasteiger partial charge in [0.05, 0.1) is 5.69 Å². The molecule has 0 radical (unpaired) electrons. The van der Waals surface area contributed by atoms with Crippen LogP contribution in [0.5, 0.6) is 0 Å². The molecule has 23 heavy (non-hydrogen) atoms. The van der Waals surface area contributed by atoms with E-state index in [-0.39, 0.29) is 11.8 Å². The van der Waals surface area contributed by atoms with Crippen molar-refractivity contribution in [1.29, 1.82) is 0 Å². The average Bonchev–Trinajstić information content (AvgIpc) is 2.87. The van der Waals surface area contributed by atoms with Crippen molar-refractivity contribution in [3.8, 4) is 0 Å². The van der Waals surface area contributed by atoms with E-state index in [1.807, 2.05) is 18.2 Å². The van der Waals surface area contributed by atoms with Gasteiger partial charge in [-0.3, -0.25) is 9.59 Å². The first-order valence-corrected chi connectivity index (χ1v) is 8.32. The van der Waals surface area contributed by atoms with Gasteiger partial charge in [-0.2, -0.15) is 0 Å². The standard InChI is InChI=1S/C17H21N3O2S/c1-12-15(16(22)20(2)3)23-17(18-12)19-14(21)11-7-10-13-8-5-4-6-9-13/h4-6,8-9H,7,10-11H2,1-3H3,(H,18,19,21). The summed E-state index contributed by atoms with van der Waals surface area (Å²) in [5.41, 5.74) is 1.87. The Labute approximate surface area is 140 Å². The van der Waals surface area contributed by atoms with Crippen molar-refractivity contribution in [1.82, 2.24) is 9.88 Å². The van der Waals surface area contributed by atoms with Crippen LogP contribution in [0.15, 0.2) is 30.3 Å². The summed E-state index contributed by atoms with van der Waals surface area (Å²) >= 11 is 1.22. The number of aromatic nitrogens is 1. The Morgan fingerprint density at radius 3 is 2.57 bits per heavy atom. The van der Waals surface area contributed by atoms with Crippen molar-refractivity contribution in [3.63, 3.8) is 0 Å². The number of aryl methyl sites for hydroxylation is 2. The molecule has 6 heteroatoms. The lowest BCUT2D eigenvalue weighted by Crippen LogP contribution is -2.21. The normalized spacial score (nSPS) is 10.4. The second-order valence-electron chi connectivity index (χ2n) is 5.52. The van der Waals surface area contributed by atoms with E-state index in [1.165, 1.54) is 21.8 Å². The van der Waals surface area contributed by atoms with Crippen LogP contribution >= 0.6 is 11.3 Å². The molecule has 1 N–H and O–H groups in total. The largest absolute Gasteiger partial charge is 0.344 e. The maximum Gasteiger partial charge on any atom is 0.265 e. The quantitative estimate of drug-likeness (QED) is 0.884. The van der Waals surface area contributed by atoms with E-state index < -0.39 is 0 Å². The van der Waals surface area contributed by atoms with Gasteiger partial charge < -0.3 is 10.2 Å². The lowest BCUT2D eigenvalue weighted by atomic mass is 10.1. The number of anilines is 1. The Bertz CT molecular complexity index is 680. The van der Waals surface area contributed by atoms with Crippen LogP contribution in [0.2, 0.25) is 0 Å². The maximum absolute atomic E-state index is 12.0. The highest BCUT2D eigenvalue weighted by Crippen LogP contribution is 2.23. The average molecular weight is 331 g/mol. The van der Waals surface area contributed by atoms with Gasteiger partial charge in [0.25, 0.3) is 5.91 Å². The lowest BCUT2D eigenvalue weighted by molar-refractivity contribution is -0.116. The van der Waals surface area contributed by atoms with Crippen molar-refractivity contribution in [2.45, 2.75) is 26.2 Å². The minimum Gasteiger partial charge on any atom is -0.344 e. The second kappa shape index (κ2) is 7.87. The van der Waals surface area contributed by atoms with Crippen LogP contribution in [0.4, 0.5) is 5.13 Å². The topological polar surface area (TPSA) is 62.3 Å². The number of rotatable bonds is 6. The smallest absolute Gasteiger partial charge is 0.265 e. The van der Waals surface area contributed by atoms with Crippen LogP contribution in [0.25, 0.3) is 0 Å². The highest BCUT2D eigenvalue weighted by molar-refractivity contribution is 7.17. The molecular formula is C17H21N3O2S. The van der Waals surface area contributed by atoms with Crippen molar-refractivity contribution in [3.05, 3.63) is 46.5 Å². The summed E-state index contributed by atoms with van der Waals surface area (Å²) in [4.78, 5) is 30.3. The van der Waals surface area contributed by atoms with Gasteiger partial charge in [0, 0.05) is 20.5 Å². The van der Waals surface area contributed by atoms with Crippen LogP contribution in [-0.4, -0.2) is 35.8 Å². The molecule has 2 amide bonds. The van der Waals surface area contributed by atoms with E-state index in [2.05, 4.69) is 22.4 Å². The van der Waals surface area contributed by atoms with Gasteiger partial charge in [-0.05, 0) is 25.3 Å². The van der Waals surface area contributed by atoms with Crippen molar-refractivity contribution in [2.24, 2.45) is 0 Å². The van der Waals surface area contributed by atoms with E-state index in [0.29, 0.717) is 22.1 Å². The zero-order valence-corrected chi connectivity index (χ0v) is 14.4. The lowest BCUT2D eigenvalue weighted by Gasteiger charge is -2.07. The molecule has 0 aliphatic rings. The summed E-state index contributed by atoms with van der Waals surface area (Å²) in [6.45, 7) is 1.78. The molecule has 2 rings (SSSR count). The summed E-state index contributed by atoms with van der Waals surface area (Å²) in [7, 11) is 3.40. The zero-order valence-electron chi connectivity index (χ0n) is 13.6. The predicted molar refractivity (Wildman–Crippen MR) is 92.9 cm³/mol. The van der Waals surface area contributed by atoms with Crippen LogP contribution in [0.3, 0.4) is 0 Å². The number of thiazole rings is 1. The summed E-state index contributed by atoms with van der Waals surface area (Å²) in [6.07, 6.45) is 2.09. The molecule has 0 unspecified atom stereocenters. The zero-order chi connectivity index (χ0) is 16.8. The Morgan fingerprint density at radius 1 is 1.22 bits per heavy atom. The Morgan fingerprint density at radius 2 is 1.91 bits per heavy atom. The molecule has 0 bridgehead atoms. The van der Waals surface area contributed by atoms with Gasteiger partial charge in [0.2, 0.25) is 5.91 Å². The summed E-state index contributed by atoms with van der Waals surface area (Å²) < 4.78 is 0. The molecule has 0 saturated carbocycles. The first-order valence-electron chi connectivity index (χ1n) is 7.50. The Balaban J connectivity index is 1.86. The molecule has 1 heterocycles. The number of carbonyl (C=O) groups is 2. The van der Waals surface area contributed by atoms with Crippen LogP contribution < -0.4 is 5.32 Å². The summed E-state index contributed by atoms with van der Waals surface area (Å²) in [6, 6.07) is 10.1. The number of nitrogens with zero attached hydrogens (tertiary/aromatic N) is 2. The third kappa shape index (κ3) is 4.89. The van der Waals surface area contributed by atoms with E-state index >= 15 is 0 Å². The number of hydrogen-bond donors (Lipinski definition) is 1. The summed E-state index contributed by atoms with van der Waals surface area (Å²) in [5, 5.41) is 3.26. The van der Waals surface area contributed by atoms with Crippen molar-refractivity contribution < 1.29 is 9.59 Å². The molecule has 5 nitrogen and oxygen atoms in total. The minimum atomic E-state index is -0.0930. The third-order valence-electron chi connectivity index (χ3n) is 3.36. The molecule has 0 aliphatic heterocycles. The number of carbonyl (C=O) groups excluding carboxylic acids is 2. The number of benzene rings is 1. The fourth-order valence-electron chi connectivity index (χ4n) is 2.13. The van der Waals surface area contributed by atoms with Gasteiger partial charge in [0.15, 0.2) is 5.13 Å². The number of hydrogen-bond acceptors (Lipinski definition) is 4. The Hall–Kier alpha value is -2.21. The van der Waals surface area contributed by atoms with E-state index in [9.17, 15) is 9.59 Å². The van der Waals surface area contributed by atoms with Crippen molar-refractivity contribution in [2.75, 3.05) is 19.4 Å². The first kappa shape index (κ1) is 17.1. The van der Waals surface area contributed by atoms with Crippen LogP contribution in [0.1, 0.15) is 33.8 Å². The SMILES string of the molecule is Cc1nc(NC(=O)CCCc2ccccc2)sc1C(=O)N(C)C. The molecule has 0 atom stereocenters. The molecular weight excluding hydrogens is 310 g/mol. The molecule has 2 aromatic rings. The van der Waals surface area contributed by atoms with Gasteiger partial charge in [-0.15, -0.1) is 0 Å². The van der Waals surface area contributed by atoms with Gasteiger partial charge >= 0.3 is 0 Å². The monoisotopic (exact) mass is 331 g/mol. The molecule has 0 aliphatic carbocycles. The van der Waals surface area contributed by atoms with Gasteiger partial charge in [0.1, 0.15) is 4.88 Å². The molecule has 0 fully saturated rings. The molecule has 0 spiro atoms. The minimum absolute atomic E-state index is 0.0708. The maximum atomic E-state index is 12.0. The van der Waals surface area contributed by atoms with Crippen molar-refractivity contribution >= 4 is 28.3 Å². The molecule has 0 saturated heterocycles. The van der Waals surface area contributed by atoms with Gasteiger partial charge in [-0.1, -0.05) is 41.7 Å². The van der Waals surface area contributed by atoms with E-state index in [4.69, 9.17) is 0 Å². The second-order valence-corrected chi connectivity index (χ2v) is 6.52. The highest BCUT2D eigenvalue weighted by Gasteiger charge is 2.17. The van der Waals surface area contributed by atoms with E-state index in [1.54, 1.807) is 21.0 Å². The first-order chi connectivity index (χ1) is 11.0. The van der Waals surface area contributed by atoms with Crippen LogP contribution in [0, 0.1) is 6.92 Å². The third-order valence-corrected chi connectivity index (χ3v) is 4.42. The molecule has 1 aromatic carbocycles. The fraction of sp³-hybridized carbons (Fsp3) is 0.353. The Kier molecular flexibility index (Phi) is 5.87. The van der Waals surface area contributed by atoms with Crippen LogP contribution in [-0.2, 0) is 11.2 Å². The highest BCUT2D eigenvalue weighted by atomic mass is 32.1. The van der Waals surface area contributed by atoms with Gasteiger partial charge in [-0.25, -0.2) is 4.98 Å². The fourth-order valence-corrected chi connectivity index (χ4v) is 3.13. The predicted octanol–water partition coefficient (Wildman–Crippen LogP) is 3.11. The summed E-state index contributed by atoms with van der Waals surface area (Å²) in [5.74, 6) is -0.164. The van der Waals surface area contributed by atoms with E-state index in [0.717, 1.165) is 12.8 Å². The number of amides is 2. The molecule has 122 valence electrons. The number of nitrogens with one attached hydrogen (secondary N) is 1.